The molecule has 1 aromatic heterocycles. The van der Waals surface area contributed by atoms with Crippen LogP contribution in [0.4, 0.5) is 0 Å². The Bertz CT molecular complexity index is 688. The van der Waals surface area contributed by atoms with Gasteiger partial charge in [0.15, 0.2) is 5.82 Å². The molecule has 0 bridgehead atoms. The quantitative estimate of drug-likeness (QED) is 0.592. The van der Waals surface area contributed by atoms with Gasteiger partial charge in [-0.2, -0.15) is 0 Å². The van der Waals surface area contributed by atoms with E-state index in [1.54, 1.807) is 37.4 Å². The number of esters is 1. The first-order chi connectivity index (χ1) is 11.0. The van der Waals surface area contributed by atoms with Gasteiger partial charge >= 0.3 is 5.97 Å². The Morgan fingerprint density at radius 3 is 2.64 bits per heavy atom. The standard InChI is InChI=1S/C14H22N6O3S.ClH/c1-13(2,3)12(22)23-6-19-17-9(16-18-19)8-14(4,5)24-11-7(15)10(21)20(8)11;/h7-8,11H,6,15H2,1-5H3;1H. The molecule has 0 spiro atoms. The second kappa shape index (κ2) is 6.40. The predicted octanol–water partition coefficient (Wildman–Crippen LogP) is 0.704. The van der Waals surface area contributed by atoms with Crippen molar-refractivity contribution in [3.8, 4) is 0 Å². The van der Waals surface area contributed by atoms with E-state index in [2.05, 4.69) is 15.4 Å². The highest BCUT2D eigenvalue weighted by molar-refractivity contribution is 8.01. The average molecular weight is 391 g/mol. The lowest BCUT2D eigenvalue weighted by molar-refractivity contribution is -0.157. The monoisotopic (exact) mass is 390 g/mol. The van der Waals surface area contributed by atoms with E-state index in [9.17, 15) is 9.59 Å². The maximum absolute atomic E-state index is 12.1. The van der Waals surface area contributed by atoms with E-state index in [1.165, 1.54) is 4.80 Å². The molecular weight excluding hydrogens is 368 g/mol. The predicted molar refractivity (Wildman–Crippen MR) is 93.6 cm³/mol. The van der Waals surface area contributed by atoms with Crippen molar-refractivity contribution in [1.29, 1.82) is 0 Å². The number of fused-ring (bicyclic) bond motifs is 1. The highest BCUT2D eigenvalue weighted by Gasteiger charge is 2.61. The SMILES string of the molecule is CC(C)(C)C(=O)OCn1nnc(C2N3C(=O)C(N)C3SC2(C)C)n1.Cl. The van der Waals surface area contributed by atoms with Crippen LogP contribution in [0.25, 0.3) is 0 Å². The number of carbonyl (C=O) groups excluding carboxylic acids is 2. The summed E-state index contributed by atoms with van der Waals surface area (Å²) in [4.78, 5) is 26.8. The summed E-state index contributed by atoms with van der Waals surface area (Å²) in [5, 5.41) is 12.2. The van der Waals surface area contributed by atoms with Crippen molar-refractivity contribution < 1.29 is 14.3 Å². The summed E-state index contributed by atoms with van der Waals surface area (Å²) in [5.41, 5.74) is 5.27. The molecule has 2 N–H and O–H groups in total. The third-order valence-electron chi connectivity index (χ3n) is 4.12. The normalized spacial score (nSPS) is 27.4. The van der Waals surface area contributed by atoms with Crippen LogP contribution >= 0.6 is 24.2 Å². The van der Waals surface area contributed by atoms with Crippen LogP contribution in [-0.4, -0.2) is 53.1 Å². The van der Waals surface area contributed by atoms with Crippen molar-refractivity contribution >= 4 is 36.0 Å². The minimum Gasteiger partial charge on any atom is -0.440 e. The van der Waals surface area contributed by atoms with E-state index in [1.807, 2.05) is 13.8 Å². The number of ether oxygens (including phenoxy) is 1. The van der Waals surface area contributed by atoms with Gasteiger partial charge in [0.1, 0.15) is 17.5 Å². The number of carbonyl (C=O) groups is 2. The molecule has 11 heteroatoms. The highest BCUT2D eigenvalue weighted by atomic mass is 35.5. The van der Waals surface area contributed by atoms with Gasteiger partial charge in [0.2, 0.25) is 12.6 Å². The maximum Gasteiger partial charge on any atom is 0.313 e. The third kappa shape index (κ3) is 3.34. The second-order valence-electron chi connectivity index (χ2n) is 7.62. The number of thioether (sulfide) groups is 1. The lowest BCUT2D eigenvalue weighted by Crippen LogP contribution is -2.65. The van der Waals surface area contributed by atoms with Gasteiger partial charge in [-0.05, 0) is 39.8 Å². The third-order valence-corrected chi connectivity index (χ3v) is 5.71. The molecule has 1 aromatic rings. The minimum absolute atomic E-state index is 0. The van der Waals surface area contributed by atoms with Gasteiger partial charge in [-0.3, -0.25) is 9.59 Å². The minimum atomic E-state index is -0.596. The van der Waals surface area contributed by atoms with E-state index < -0.39 is 11.5 Å². The first-order valence-corrected chi connectivity index (χ1v) is 8.61. The molecule has 2 aliphatic heterocycles. The van der Waals surface area contributed by atoms with Gasteiger partial charge in [0.25, 0.3) is 0 Å². The van der Waals surface area contributed by atoms with E-state index in [0.717, 1.165) is 0 Å². The van der Waals surface area contributed by atoms with Gasteiger partial charge in [0.05, 0.1) is 5.41 Å². The van der Waals surface area contributed by atoms with Crippen LogP contribution < -0.4 is 5.73 Å². The molecule has 3 rings (SSSR count). The molecule has 0 radical (unpaired) electrons. The summed E-state index contributed by atoms with van der Waals surface area (Å²) in [5.74, 6) is -0.0114. The van der Waals surface area contributed by atoms with Gasteiger partial charge in [0, 0.05) is 4.75 Å². The molecule has 9 nitrogen and oxygen atoms in total. The molecule has 2 aliphatic rings. The molecule has 0 aromatic carbocycles. The number of amides is 1. The fourth-order valence-corrected chi connectivity index (χ4v) is 4.39. The van der Waals surface area contributed by atoms with Gasteiger partial charge in [-0.15, -0.1) is 39.2 Å². The number of hydrogen-bond donors (Lipinski definition) is 1. The largest absolute Gasteiger partial charge is 0.440 e. The zero-order valence-corrected chi connectivity index (χ0v) is 16.4. The smallest absolute Gasteiger partial charge is 0.313 e. The van der Waals surface area contributed by atoms with E-state index in [0.29, 0.717) is 5.82 Å². The Kier molecular flexibility index (Phi) is 5.10. The molecule has 3 atom stereocenters. The Hall–Kier alpha value is -1.39. The van der Waals surface area contributed by atoms with Crippen LogP contribution in [0, 0.1) is 5.41 Å². The first-order valence-electron chi connectivity index (χ1n) is 7.73. The number of nitrogens with two attached hydrogens (primary N) is 1. The Morgan fingerprint density at radius 1 is 1.40 bits per heavy atom. The van der Waals surface area contributed by atoms with Crippen molar-refractivity contribution in [1.82, 2.24) is 25.1 Å². The molecule has 2 saturated heterocycles. The van der Waals surface area contributed by atoms with Crippen molar-refractivity contribution in [3.63, 3.8) is 0 Å². The fraction of sp³-hybridized carbons (Fsp3) is 0.786. The number of β-lactam (4-membered cyclic amide) rings is 1. The summed E-state index contributed by atoms with van der Waals surface area (Å²) < 4.78 is 4.90. The highest BCUT2D eigenvalue weighted by Crippen LogP contribution is 2.56. The fourth-order valence-electron chi connectivity index (χ4n) is 2.81. The number of nitrogens with zero attached hydrogens (tertiary/aromatic N) is 5. The second-order valence-corrected chi connectivity index (χ2v) is 9.39. The molecule has 25 heavy (non-hydrogen) atoms. The summed E-state index contributed by atoms with van der Waals surface area (Å²) >= 11 is 1.64. The molecule has 2 fully saturated rings. The number of tetrazole rings is 1. The first kappa shape index (κ1) is 19.9. The van der Waals surface area contributed by atoms with Crippen LogP contribution in [-0.2, 0) is 21.1 Å². The van der Waals surface area contributed by atoms with Crippen molar-refractivity contribution in [2.75, 3.05) is 0 Å². The summed E-state index contributed by atoms with van der Waals surface area (Å²) in [7, 11) is 0. The molecule has 140 valence electrons. The van der Waals surface area contributed by atoms with Crippen molar-refractivity contribution in [2.45, 2.75) is 63.6 Å². The zero-order valence-electron chi connectivity index (χ0n) is 14.8. The maximum atomic E-state index is 12.1. The molecular formula is C14H23ClN6O3S. The summed E-state index contributed by atoms with van der Waals surface area (Å²) in [6, 6.07) is -0.770. The Balaban J connectivity index is 0.00000225. The molecule has 0 saturated carbocycles. The van der Waals surface area contributed by atoms with Crippen LogP contribution in [0.3, 0.4) is 0 Å². The molecule has 3 unspecified atom stereocenters. The molecule has 3 heterocycles. The Morgan fingerprint density at radius 2 is 2.04 bits per heavy atom. The van der Waals surface area contributed by atoms with Crippen LogP contribution in [0.15, 0.2) is 0 Å². The lowest BCUT2D eigenvalue weighted by Gasteiger charge is -2.41. The van der Waals surface area contributed by atoms with E-state index in [4.69, 9.17) is 10.5 Å². The van der Waals surface area contributed by atoms with Crippen LogP contribution in [0.1, 0.15) is 46.5 Å². The number of rotatable bonds is 3. The van der Waals surface area contributed by atoms with Crippen molar-refractivity contribution in [2.24, 2.45) is 11.1 Å². The summed E-state index contributed by atoms with van der Waals surface area (Å²) in [6.45, 7) is 9.26. The van der Waals surface area contributed by atoms with Crippen LogP contribution in [0.2, 0.25) is 0 Å². The number of aromatic nitrogens is 4. The zero-order chi connectivity index (χ0) is 17.9. The van der Waals surface area contributed by atoms with Gasteiger partial charge in [-0.1, -0.05) is 0 Å². The Labute approximate surface area is 156 Å². The number of halogens is 1. The molecule has 0 aliphatic carbocycles. The van der Waals surface area contributed by atoms with E-state index >= 15 is 0 Å². The topological polar surface area (TPSA) is 116 Å². The van der Waals surface area contributed by atoms with Gasteiger partial charge in [-0.25, -0.2) is 0 Å². The van der Waals surface area contributed by atoms with Crippen molar-refractivity contribution in [3.05, 3.63) is 5.82 Å². The van der Waals surface area contributed by atoms with E-state index in [-0.39, 0.29) is 47.2 Å². The lowest BCUT2D eigenvalue weighted by atomic mass is 9.96. The summed E-state index contributed by atoms with van der Waals surface area (Å²) in [6.07, 6.45) is 0. The van der Waals surface area contributed by atoms with Gasteiger partial charge < -0.3 is 15.4 Å². The molecule has 1 amide bonds. The van der Waals surface area contributed by atoms with Crippen LogP contribution in [0.5, 0.6) is 0 Å². The average Bonchev–Trinajstić information content (AvgIpc) is 3.03. The number of hydrogen-bond acceptors (Lipinski definition) is 8.